The second-order valence-corrected chi connectivity index (χ2v) is 3.82. The summed E-state index contributed by atoms with van der Waals surface area (Å²) in [6, 6.07) is 3.17. The molecule has 0 fully saturated rings. The molecule has 112 valence electrons. The molecule has 0 saturated carbocycles. The molecule has 1 rings (SSSR count). The van der Waals surface area contributed by atoms with Gasteiger partial charge in [-0.1, -0.05) is 25.4 Å². The number of methoxy groups -OCH3 is 3. The zero-order chi connectivity index (χ0) is 15.7. The molecule has 0 heterocycles. The average Bonchev–Trinajstić information content (AvgIpc) is 2.49. The summed E-state index contributed by atoms with van der Waals surface area (Å²) in [5, 5.41) is 0.405. The minimum Gasteiger partial charge on any atom is -0.496 e. The molecule has 20 heavy (non-hydrogen) atoms. The fraction of sp³-hybridized carbons (Fsp3) is 0.400. The summed E-state index contributed by atoms with van der Waals surface area (Å²) in [6.45, 7) is 5.82. The zero-order valence-corrected chi connectivity index (χ0v) is 13.5. The first-order chi connectivity index (χ1) is 9.58. The van der Waals surface area contributed by atoms with Crippen LogP contribution in [0.3, 0.4) is 0 Å². The first-order valence-electron chi connectivity index (χ1n) is 6.25. The van der Waals surface area contributed by atoms with Crippen molar-refractivity contribution in [3.8, 4) is 5.75 Å². The Morgan fingerprint density at radius 2 is 1.65 bits per heavy atom. The van der Waals surface area contributed by atoms with E-state index in [2.05, 4.69) is 0 Å². The van der Waals surface area contributed by atoms with Crippen LogP contribution in [-0.4, -0.2) is 27.3 Å². The van der Waals surface area contributed by atoms with Crippen LogP contribution in [0, 0.1) is 0 Å². The van der Waals surface area contributed by atoms with Crippen molar-refractivity contribution in [3.63, 3.8) is 0 Å². The maximum absolute atomic E-state index is 11.7. The number of benzene rings is 1. The first kappa shape index (κ1) is 18.3. The minimum absolute atomic E-state index is 0.263. The summed E-state index contributed by atoms with van der Waals surface area (Å²) in [6.07, 6.45) is 1.76. The van der Waals surface area contributed by atoms with Crippen molar-refractivity contribution in [1.82, 2.24) is 0 Å². The normalized spacial score (nSPS) is 10.2. The van der Waals surface area contributed by atoms with E-state index in [1.165, 1.54) is 27.4 Å². The Hall–Kier alpha value is -1.68. The van der Waals surface area contributed by atoms with Gasteiger partial charge in [0.25, 0.3) is 0 Å². The molecule has 0 aromatic heterocycles. The third-order valence-electron chi connectivity index (χ3n) is 2.41. The van der Waals surface area contributed by atoms with Gasteiger partial charge in [0.15, 0.2) is 0 Å². The number of carbonyl (C=O) groups is 1. The van der Waals surface area contributed by atoms with Gasteiger partial charge in [-0.05, 0) is 25.1 Å². The number of hydrogen-bond donors (Lipinski definition) is 0. The average molecular weight is 301 g/mol. The van der Waals surface area contributed by atoms with Crippen LogP contribution in [0.2, 0.25) is 5.02 Å². The lowest BCUT2D eigenvalue weighted by Gasteiger charge is -2.14. The van der Waals surface area contributed by atoms with E-state index in [4.69, 9.17) is 25.8 Å². The van der Waals surface area contributed by atoms with Crippen LogP contribution in [-0.2, 0) is 9.47 Å². The van der Waals surface area contributed by atoms with E-state index in [0.717, 1.165) is 0 Å². The highest BCUT2D eigenvalue weighted by molar-refractivity contribution is 6.31. The number of hydrogen-bond acceptors (Lipinski definition) is 4. The van der Waals surface area contributed by atoms with E-state index in [0.29, 0.717) is 22.1 Å². The Morgan fingerprint density at radius 1 is 1.10 bits per heavy atom. The van der Waals surface area contributed by atoms with Crippen molar-refractivity contribution in [3.05, 3.63) is 34.4 Å². The lowest BCUT2D eigenvalue weighted by Crippen LogP contribution is -2.06. The third-order valence-corrected chi connectivity index (χ3v) is 2.63. The molecule has 0 amide bonds. The number of esters is 1. The van der Waals surface area contributed by atoms with Crippen molar-refractivity contribution < 1.29 is 19.0 Å². The van der Waals surface area contributed by atoms with Crippen LogP contribution in [0.5, 0.6) is 5.75 Å². The van der Waals surface area contributed by atoms with E-state index >= 15 is 0 Å². The Kier molecular flexibility index (Phi) is 8.48. The zero-order valence-electron chi connectivity index (χ0n) is 12.7. The highest BCUT2D eigenvalue weighted by Crippen LogP contribution is 2.33. The molecule has 0 atom stereocenters. The predicted molar refractivity (Wildman–Crippen MR) is 81.4 cm³/mol. The summed E-state index contributed by atoms with van der Waals surface area (Å²) in [5.41, 5.74) is 0.870. The van der Waals surface area contributed by atoms with Crippen molar-refractivity contribution >= 4 is 23.3 Å². The third kappa shape index (κ3) is 4.17. The molecule has 5 heteroatoms. The van der Waals surface area contributed by atoms with Crippen molar-refractivity contribution in [2.45, 2.75) is 20.8 Å². The van der Waals surface area contributed by atoms with Gasteiger partial charge in [0.05, 0.1) is 26.9 Å². The fourth-order valence-corrected chi connectivity index (χ4v) is 1.86. The van der Waals surface area contributed by atoms with E-state index in [9.17, 15) is 4.79 Å². The quantitative estimate of drug-likeness (QED) is 0.618. The van der Waals surface area contributed by atoms with Crippen LogP contribution in [0.15, 0.2) is 18.2 Å². The predicted octanol–water partition coefficient (Wildman–Crippen LogP) is 4.17. The van der Waals surface area contributed by atoms with Crippen molar-refractivity contribution in [2.75, 3.05) is 21.3 Å². The van der Waals surface area contributed by atoms with Crippen LogP contribution < -0.4 is 4.74 Å². The molecular weight excluding hydrogens is 280 g/mol. The van der Waals surface area contributed by atoms with Gasteiger partial charge in [-0.15, -0.1) is 0 Å². The Bertz CT molecular complexity index is 481. The van der Waals surface area contributed by atoms with Gasteiger partial charge in [0.1, 0.15) is 17.1 Å². The molecule has 0 aliphatic rings. The Morgan fingerprint density at radius 3 is 2.05 bits per heavy atom. The van der Waals surface area contributed by atoms with Gasteiger partial charge in [-0.25, -0.2) is 4.79 Å². The SMILES string of the molecule is C/C=C(\OC)c1cc(Cl)cc(C(=O)OC)c1OC.CC. The van der Waals surface area contributed by atoms with Gasteiger partial charge >= 0.3 is 5.97 Å². The summed E-state index contributed by atoms with van der Waals surface area (Å²) in [5.74, 6) is 0.433. The summed E-state index contributed by atoms with van der Waals surface area (Å²) in [4.78, 5) is 11.7. The largest absolute Gasteiger partial charge is 0.496 e. The Labute approximate surface area is 125 Å². The summed E-state index contributed by atoms with van der Waals surface area (Å²) >= 11 is 5.99. The topological polar surface area (TPSA) is 44.8 Å². The fourth-order valence-electron chi connectivity index (χ4n) is 1.64. The Balaban J connectivity index is 0.00000172. The molecule has 0 spiro atoms. The van der Waals surface area contributed by atoms with Crippen LogP contribution in [0.25, 0.3) is 5.76 Å². The standard InChI is InChI=1S/C13H15ClO4.C2H6/c1-5-11(16-2)9-6-8(14)7-10(12(9)17-3)13(15)18-4;1-2/h5-7H,1-4H3;1-2H3/b11-5-;. The van der Waals surface area contributed by atoms with Crippen LogP contribution >= 0.6 is 11.6 Å². The molecule has 0 unspecified atom stereocenters. The number of rotatable bonds is 4. The molecule has 0 N–H and O–H groups in total. The number of halogens is 1. The van der Waals surface area contributed by atoms with Crippen molar-refractivity contribution in [1.29, 1.82) is 0 Å². The molecule has 0 aliphatic heterocycles. The van der Waals surface area contributed by atoms with Crippen LogP contribution in [0.1, 0.15) is 36.7 Å². The monoisotopic (exact) mass is 300 g/mol. The molecule has 0 saturated heterocycles. The maximum Gasteiger partial charge on any atom is 0.341 e. The smallest absolute Gasteiger partial charge is 0.341 e. The number of carbonyl (C=O) groups excluding carboxylic acids is 1. The molecule has 0 radical (unpaired) electrons. The van der Waals surface area contributed by atoms with Gasteiger partial charge in [-0.2, -0.15) is 0 Å². The van der Waals surface area contributed by atoms with Crippen molar-refractivity contribution in [2.24, 2.45) is 0 Å². The molecule has 0 bridgehead atoms. The number of ether oxygens (including phenoxy) is 3. The molecule has 1 aromatic carbocycles. The van der Waals surface area contributed by atoms with Gasteiger partial charge in [0.2, 0.25) is 0 Å². The minimum atomic E-state index is -0.512. The highest BCUT2D eigenvalue weighted by Gasteiger charge is 2.20. The molecular formula is C15H21ClO4. The lowest BCUT2D eigenvalue weighted by molar-refractivity contribution is 0.0597. The summed E-state index contributed by atoms with van der Waals surface area (Å²) in [7, 11) is 4.31. The summed E-state index contributed by atoms with van der Waals surface area (Å²) < 4.78 is 15.2. The lowest BCUT2D eigenvalue weighted by atomic mass is 10.1. The molecule has 4 nitrogen and oxygen atoms in total. The first-order valence-corrected chi connectivity index (χ1v) is 6.63. The van der Waals surface area contributed by atoms with Gasteiger partial charge < -0.3 is 14.2 Å². The molecule has 1 aromatic rings. The maximum atomic E-state index is 11.7. The second-order valence-electron chi connectivity index (χ2n) is 3.38. The second kappa shape index (κ2) is 9.26. The van der Waals surface area contributed by atoms with Gasteiger partial charge in [-0.3, -0.25) is 0 Å². The number of allylic oxidation sites excluding steroid dienone is 1. The van der Waals surface area contributed by atoms with E-state index in [-0.39, 0.29) is 5.56 Å². The van der Waals surface area contributed by atoms with Crippen LogP contribution in [0.4, 0.5) is 0 Å². The molecule has 0 aliphatic carbocycles. The van der Waals surface area contributed by atoms with E-state index in [1.54, 1.807) is 12.1 Å². The highest BCUT2D eigenvalue weighted by atomic mass is 35.5. The van der Waals surface area contributed by atoms with Gasteiger partial charge in [0, 0.05) is 5.02 Å². The van der Waals surface area contributed by atoms with E-state index in [1.807, 2.05) is 20.8 Å². The van der Waals surface area contributed by atoms with E-state index < -0.39 is 5.97 Å².